The number of nitrogens with one attached hydrogen (secondary N) is 1. The maximum absolute atomic E-state index is 3.84. The molecule has 1 aromatic rings. The maximum atomic E-state index is 3.84. The topological polar surface area (TPSA) is 17.0 Å². The molecule has 1 aliphatic rings. The molecule has 0 spiro atoms. The predicted octanol–water partition coefficient (Wildman–Crippen LogP) is 4.59. The molecule has 1 N–H and O–H groups in total. The second kappa shape index (κ2) is 6.80. The van der Waals surface area contributed by atoms with E-state index < -0.39 is 0 Å². The van der Waals surface area contributed by atoms with Crippen LogP contribution in [0.15, 0.2) is 18.5 Å². The number of nitrogens with zero attached hydrogens (tertiary/aromatic N) is 1. The first-order valence-corrected chi connectivity index (χ1v) is 8.38. The SMILES string of the molecule is CCCn1ccc(CNC2CCCCC2C(C)(C)C)c1. The Balaban J connectivity index is 1.90. The fourth-order valence-electron chi connectivity index (χ4n) is 3.65. The fraction of sp³-hybridized carbons (Fsp3) is 0.778. The van der Waals surface area contributed by atoms with E-state index in [1.807, 2.05) is 0 Å². The van der Waals surface area contributed by atoms with Crippen LogP contribution in [0.1, 0.15) is 65.4 Å². The van der Waals surface area contributed by atoms with E-state index in [1.54, 1.807) is 0 Å². The van der Waals surface area contributed by atoms with Crippen LogP contribution in [0.5, 0.6) is 0 Å². The van der Waals surface area contributed by atoms with E-state index in [0.29, 0.717) is 11.5 Å². The van der Waals surface area contributed by atoms with Gasteiger partial charge in [-0.15, -0.1) is 0 Å². The van der Waals surface area contributed by atoms with E-state index in [0.717, 1.165) is 19.0 Å². The lowest BCUT2D eigenvalue weighted by atomic mass is 9.69. The number of rotatable bonds is 5. The van der Waals surface area contributed by atoms with E-state index >= 15 is 0 Å². The summed E-state index contributed by atoms with van der Waals surface area (Å²) < 4.78 is 2.30. The third-order valence-corrected chi connectivity index (χ3v) is 4.74. The third-order valence-electron chi connectivity index (χ3n) is 4.74. The smallest absolute Gasteiger partial charge is 0.0223 e. The summed E-state index contributed by atoms with van der Waals surface area (Å²) in [7, 11) is 0. The highest BCUT2D eigenvalue weighted by molar-refractivity contribution is 5.10. The van der Waals surface area contributed by atoms with E-state index in [9.17, 15) is 0 Å². The predicted molar refractivity (Wildman–Crippen MR) is 86.8 cm³/mol. The molecule has 1 aliphatic carbocycles. The number of aryl methyl sites for hydroxylation is 1. The first kappa shape index (κ1) is 15.6. The van der Waals surface area contributed by atoms with Crippen molar-refractivity contribution in [2.45, 2.75) is 78.9 Å². The average molecular weight is 276 g/mol. The first-order valence-electron chi connectivity index (χ1n) is 8.38. The Morgan fingerprint density at radius 1 is 1.25 bits per heavy atom. The van der Waals surface area contributed by atoms with Crippen LogP contribution in [0.4, 0.5) is 0 Å². The van der Waals surface area contributed by atoms with Crippen LogP contribution in [-0.4, -0.2) is 10.6 Å². The van der Waals surface area contributed by atoms with Crippen molar-refractivity contribution in [2.75, 3.05) is 0 Å². The van der Waals surface area contributed by atoms with Gasteiger partial charge in [0.25, 0.3) is 0 Å². The van der Waals surface area contributed by atoms with E-state index in [2.05, 4.69) is 56.0 Å². The minimum absolute atomic E-state index is 0.423. The molecular formula is C18H32N2. The first-order chi connectivity index (χ1) is 9.50. The zero-order valence-corrected chi connectivity index (χ0v) is 13.8. The molecule has 2 nitrogen and oxygen atoms in total. The summed E-state index contributed by atoms with van der Waals surface area (Å²) in [6.07, 6.45) is 11.2. The lowest BCUT2D eigenvalue weighted by Gasteiger charge is -2.41. The van der Waals surface area contributed by atoms with Crippen LogP contribution in [0, 0.1) is 11.3 Å². The number of hydrogen-bond acceptors (Lipinski definition) is 1. The average Bonchev–Trinajstić information content (AvgIpc) is 2.84. The molecule has 0 bridgehead atoms. The molecule has 114 valence electrons. The van der Waals surface area contributed by atoms with Gasteiger partial charge in [-0.25, -0.2) is 0 Å². The van der Waals surface area contributed by atoms with E-state index in [-0.39, 0.29) is 0 Å². The Hall–Kier alpha value is -0.760. The van der Waals surface area contributed by atoms with Gasteiger partial charge in [0.2, 0.25) is 0 Å². The van der Waals surface area contributed by atoms with Gasteiger partial charge in [0, 0.05) is 31.5 Å². The molecule has 2 atom stereocenters. The summed E-state index contributed by atoms with van der Waals surface area (Å²) in [6.45, 7) is 11.6. The highest BCUT2D eigenvalue weighted by Crippen LogP contribution is 2.38. The van der Waals surface area contributed by atoms with Gasteiger partial charge < -0.3 is 9.88 Å². The molecule has 2 heteroatoms. The standard InChI is InChI=1S/C18H32N2/c1-5-11-20-12-10-15(14-20)13-19-17-9-7-6-8-16(17)18(2,3)4/h10,12,14,16-17,19H,5-9,11,13H2,1-4H3. The van der Waals surface area contributed by atoms with Crippen molar-refractivity contribution >= 4 is 0 Å². The third kappa shape index (κ3) is 4.12. The summed E-state index contributed by atoms with van der Waals surface area (Å²) in [4.78, 5) is 0. The molecule has 0 radical (unpaired) electrons. The second-order valence-electron chi connectivity index (χ2n) is 7.50. The van der Waals surface area contributed by atoms with Crippen molar-refractivity contribution in [3.8, 4) is 0 Å². The summed E-state index contributed by atoms with van der Waals surface area (Å²) >= 11 is 0. The Kier molecular flexibility index (Phi) is 5.31. The maximum Gasteiger partial charge on any atom is 0.0223 e. The highest BCUT2D eigenvalue weighted by atomic mass is 15.0. The minimum Gasteiger partial charge on any atom is -0.354 e. The Morgan fingerprint density at radius 2 is 2.00 bits per heavy atom. The number of aromatic nitrogens is 1. The van der Waals surface area contributed by atoms with Gasteiger partial charge in [0.1, 0.15) is 0 Å². The monoisotopic (exact) mass is 276 g/mol. The molecule has 1 aromatic heterocycles. The Morgan fingerprint density at radius 3 is 2.70 bits per heavy atom. The molecule has 0 aromatic carbocycles. The molecular weight excluding hydrogens is 244 g/mol. The van der Waals surface area contributed by atoms with Gasteiger partial charge >= 0.3 is 0 Å². The van der Waals surface area contributed by atoms with Crippen LogP contribution in [-0.2, 0) is 13.1 Å². The summed E-state index contributed by atoms with van der Waals surface area (Å²) in [5.74, 6) is 0.814. The quantitative estimate of drug-likeness (QED) is 0.832. The second-order valence-corrected chi connectivity index (χ2v) is 7.50. The van der Waals surface area contributed by atoms with Crippen LogP contribution >= 0.6 is 0 Å². The zero-order valence-electron chi connectivity index (χ0n) is 13.8. The minimum atomic E-state index is 0.423. The molecule has 0 aliphatic heterocycles. The summed E-state index contributed by atoms with van der Waals surface area (Å²) in [5, 5.41) is 3.84. The van der Waals surface area contributed by atoms with Crippen LogP contribution in [0.3, 0.4) is 0 Å². The largest absolute Gasteiger partial charge is 0.354 e. The van der Waals surface area contributed by atoms with Gasteiger partial charge in [0.05, 0.1) is 0 Å². The van der Waals surface area contributed by atoms with E-state index in [1.165, 1.54) is 37.7 Å². The van der Waals surface area contributed by atoms with Gasteiger partial charge in [0.15, 0.2) is 0 Å². The highest BCUT2D eigenvalue weighted by Gasteiger charge is 2.33. The van der Waals surface area contributed by atoms with Crippen LogP contribution in [0.2, 0.25) is 0 Å². The number of hydrogen-bond donors (Lipinski definition) is 1. The van der Waals surface area contributed by atoms with Crippen molar-refractivity contribution in [3.63, 3.8) is 0 Å². The molecule has 20 heavy (non-hydrogen) atoms. The fourth-order valence-corrected chi connectivity index (χ4v) is 3.65. The molecule has 1 saturated carbocycles. The molecule has 2 unspecified atom stereocenters. The lowest BCUT2D eigenvalue weighted by molar-refractivity contribution is 0.130. The van der Waals surface area contributed by atoms with Crippen molar-refractivity contribution in [1.82, 2.24) is 9.88 Å². The Labute approximate surface area is 125 Å². The Bertz CT molecular complexity index is 400. The van der Waals surface area contributed by atoms with Gasteiger partial charge in [-0.1, -0.05) is 40.5 Å². The molecule has 0 saturated heterocycles. The van der Waals surface area contributed by atoms with Gasteiger partial charge in [-0.3, -0.25) is 0 Å². The zero-order chi connectivity index (χ0) is 14.6. The summed E-state index contributed by atoms with van der Waals surface area (Å²) in [5.41, 5.74) is 1.85. The van der Waals surface area contributed by atoms with Gasteiger partial charge in [-0.2, -0.15) is 0 Å². The van der Waals surface area contributed by atoms with Crippen LogP contribution < -0.4 is 5.32 Å². The van der Waals surface area contributed by atoms with Gasteiger partial charge in [-0.05, 0) is 42.2 Å². The summed E-state index contributed by atoms with van der Waals surface area (Å²) in [6, 6.07) is 2.95. The van der Waals surface area contributed by atoms with Crippen molar-refractivity contribution < 1.29 is 0 Å². The van der Waals surface area contributed by atoms with Crippen molar-refractivity contribution in [3.05, 3.63) is 24.0 Å². The van der Waals surface area contributed by atoms with Crippen molar-refractivity contribution in [2.24, 2.45) is 11.3 Å². The molecule has 2 rings (SSSR count). The normalized spacial score (nSPS) is 24.0. The van der Waals surface area contributed by atoms with Crippen LogP contribution in [0.25, 0.3) is 0 Å². The molecule has 1 heterocycles. The van der Waals surface area contributed by atoms with Crippen molar-refractivity contribution in [1.29, 1.82) is 0 Å². The molecule has 0 amide bonds. The molecule has 1 fully saturated rings. The lowest BCUT2D eigenvalue weighted by Crippen LogP contribution is -2.43. The van der Waals surface area contributed by atoms with E-state index in [4.69, 9.17) is 0 Å².